The van der Waals surface area contributed by atoms with Crippen LogP contribution in [0.1, 0.15) is 36.7 Å². The van der Waals surface area contributed by atoms with Crippen LogP contribution in [0.3, 0.4) is 0 Å². The lowest BCUT2D eigenvalue weighted by molar-refractivity contribution is 0.102. The number of benzene rings is 2. The van der Waals surface area contributed by atoms with Gasteiger partial charge in [-0.25, -0.2) is 0 Å². The summed E-state index contributed by atoms with van der Waals surface area (Å²) in [6, 6.07) is 10.3. The summed E-state index contributed by atoms with van der Waals surface area (Å²) in [5.74, 6) is -0.273. The molecule has 0 unspecified atom stereocenters. The van der Waals surface area contributed by atoms with Gasteiger partial charge in [0.05, 0.1) is 5.69 Å². The fourth-order valence-electron chi connectivity index (χ4n) is 2.28. The van der Waals surface area contributed by atoms with Gasteiger partial charge in [-0.2, -0.15) is 15.4 Å². The van der Waals surface area contributed by atoms with E-state index < -0.39 is 0 Å². The molecule has 1 amide bonds. The number of phenolic OH excluding ortho intramolecular Hbond substituents is 1. The molecule has 0 saturated carbocycles. The van der Waals surface area contributed by atoms with Gasteiger partial charge in [0, 0.05) is 5.56 Å². The van der Waals surface area contributed by atoms with Gasteiger partial charge in [-0.1, -0.05) is 26.8 Å². The topological polar surface area (TPSA) is 90.9 Å². The summed E-state index contributed by atoms with van der Waals surface area (Å²) in [6.07, 6.45) is 0. The molecule has 0 aliphatic rings. The summed E-state index contributed by atoms with van der Waals surface area (Å²) in [5.41, 5.74) is 3.10. The SMILES string of the molecule is CC(C)(C)c1ccc(O)c(NC(=O)c2ccc3n[nH]nc3c2)c1. The van der Waals surface area contributed by atoms with Gasteiger partial charge < -0.3 is 10.4 Å². The Morgan fingerprint density at radius 1 is 1.09 bits per heavy atom. The van der Waals surface area contributed by atoms with Crippen LogP contribution in [-0.2, 0) is 5.41 Å². The molecular weight excluding hydrogens is 292 g/mol. The van der Waals surface area contributed by atoms with E-state index in [2.05, 4.69) is 41.5 Å². The van der Waals surface area contributed by atoms with Gasteiger partial charge in [-0.15, -0.1) is 0 Å². The minimum atomic E-state index is -0.309. The molecule has 0 aliphatic carbocycles. The lowest BCUT2D eigenvalue weighted by Crippen LogP contribution is -2.15. The predicted molar refractivity (Wildman–Crippen MR) is 88.6 cm³/mol. The second-order valence-corrected chi connectivity index (χ2v) is 6.46. The molecular formula is C17H18N4O2. The Balaban J connectivity index is 1.90. The van der Waals surface area contributed by atoms with E-state index in [1.165, 1.54) is 0 Å². The number of carbonyl (C=O) groups is 1. The van der Waals surface area contributed by atoms with Crippen LogP contribution in [-0.4, -0.2) is 26.4 Å². The maximum absolute atomic E-state index is 12.4. The minimum absolute atomic E-state index is 0.0360. The molecule has 1 heterocycles. The first-order valence-electron chi connectivity index (χ1n) is 7.30. The Kier molecular flexibility index (Phi) is 3.52. The van der Waals surface area contributed by atoms with Crippen LogP contribution in [0.25, 0.3) is 11.0 Å². The van der Waals surface area contributed by atoms with Crippen LogP contribution >= 0.6 is 0 Å². The Bertz CT molecular complexity index is 878. The number of aromatic hydroxyl groups is 1. The van der Waals surface area contributed by atoms with E-state index in [1.54, 1.807) is 30.3 Å². The molecule has 3 rings (SSSR count). The monoisotopic (exact) mass is 310 g/mol. The fourth-order valence-corrected chi connectivity index (χ4v) is 2.28. The van der Waals surface area contributed by atoms with Crippen LogP contribution in [0.5, 0.6) is 5.75 Å². The highest BCUT2D eigenvalue weighted by atomic mass is 16.3. The first kappa shape index (κ1) is 15.0. The maximum atomic E-state index is 12.4. The van der Waals surface area contributed by atoms with E-state index in [-0.39, 0.29) is 17.1 Å². The van der Waals surface area contributed by atoms with Gasteiger partial charge in [0.15, 0.2) is 0 Å². The van der Waals surface area contributed by atoms with Gasteiger partial charge in [0.2, 0.25) is 0 Å². The molecule has 0 radical (unpaired) electrons. The van der Waals surface area contributed by atoms with E-state index >= 15 is 0 Å². The number of phenols is 1. The third-order valence-electron chi connectivity index (χ3n) is 3.69. The number of fused-ring (bicyclic) bond motifs is 1. The van der Waals surface area contributed by atoms with E-state index in [9.17, 15) is 9.90 Å². The van der Waals surface area contributed by atoms with E-state index in [0.29, 0.717) is 22.3 Å². The van der Waals surface area contributed by atoms with E-state index in [1.807, 2.05) is 6.07 Å². The Hall–Kier alpha value is -2.89. The van der Waals surface area contributed by atoms with Crippen LogP contribution < -0.4 is 5.32 Å². The molecule has 1 aromatic heterocycles. The number of H-pyrrole nitrogens is 1. The average Bonchev–Trinajstić information content (AvgIpc) is 2.95. The smallest absolute Gasteiger partial charge is 0.255 e. The molecule has 0 saturated heterocycles. The highest BCUT2D eigenvalue weighted by Crippen LogP contribution is 2.31. The van der Waals surface area contributed by atoms with Crippen molar-refractivity contribution < 1.29 is 9.90 Å². The zero-order chi connectivity index (χ0) is 16.6. The van der Waals surface area contributed by atoms with Crippen molar-refractivity contribution in [3.63, 3.8) is 0 Å². The number of aromatic amines is 1. The van der Waals surface area contributed by atoms with Crippen molar-refractivity contribution in [2.45, 2.75) is 26.2 Å². The third-order valence-corrected chi connectivity index (χ3v) is 3.69. The largest absolute Gasteiger partial charge is 0.506 e. The number of nitrogens with one attached hydrogen (secondary N) is 2. The quantitative estimate of drug-likeness (QED) is 0.634. The second-order valence-electron chi connectivity index (χ2n) is 6.46. The summed E-state index contributed by atoms with van der Waals surface area (Å²) in [6.45, 7) is 6.22. The number of carbonyl (C=O) groups excluding carboxylic acids is 1. The average molecular weight is 310 g/mol. The molecule has 2 aromatic carbocycles. The molecule has 0 atom stereocenters. The van der Waals surface area contributed by atoms with Crippen LogP contribution in [0.2, 0.25) is 0 Å². The van der Waals surface area contributed by atoms with Crippen molar-refractivity contribution in [3.05, 3.63) is 47.5 Å². The fraction of sp³-hybridized carbons (Fsp3) is 0.235. The number of anilines is 1. The summed E-state index contributed by atoms with van der Waals surface area (Å²) in [4.78, 5) is 12.4. The first-order valence-corrected chi connectivity index (χ1v) is 7.30. The highest BCUT2D eigenvalue weighted by molar-refractivity contribution is 6.06. The summed E-state index contributed by atoms with van der Waals surface area (Å²) in [7, 11) is 0. The van der Waals surface area contributed by atoms with Gasteiger partial charge in [0.25, 0.3) is 5.91 Å². The standard InChI is InChI=1S/C17H18N4O2/c1-17(2,3)11-5-7-15(22)14(9-11)18-16(23)10-4-6-12-13(8-10)20-21-19-12/h4-9,22H,1-3H3,(H,18,23)(H,19,20,21). The number of rotatable bonds is 2. The molecule has 0 bridgehead atoms. The van der Waals surface area contributed by atoms with Crippen LogP contribution in [0, 0.1) is 0 Å². The summed E-state index contributed by atoms with van der Waals surface area (Å²) < 4.78 is 0. The molecule has 6 heteroatoms. The Labute approximate surface area is 133 Å². The van der Waals surface area contributed by atoms with Crippen molar-refractivity contribution in [1.82, 2.24) is 15.4 Å². The van der Waals surface area contributed by atoms with Crippen molar-refractivity contribution in [2.24, 2.45) is 0 Å². The van der Waals surface area contributed by atoms with Gasteiger partial charge in [0.1, 0.15) is 16.8 Å². The van der Waals surface area contributed by atoms with Crippen molar-refractivity contribution >= 4 is 22.6 Å². The van der Waals surface area contributed by atoms with Crippen molar-refractivity contribution in [1.29, 1.82) is 0 Å². The minimum Gasteiger partial charge on any atom is -0.506 e. The normalized spacial score (nSPS) is 11.6. The number of nitrogens with zero attached hydrogens (tertiary/aromatic N) is 2. The van der Waals surface area contributed by atoms with E-state index in [0.717, 1.165) is 5.56 Å². The zero-order valence-electron chi connectivity index (χ0n) is 13.2. The zero-order valence-corrected chi connectivity index (χ0v) is 13.2. The third kappa shape index (κ3) is 3.01. The Morgan fingerprint density at radius 2 is 1.83 bits per heavy atom. The number of hydrogen-bond acceptors (Lipinski definition) is 4. The highest BCUT2D eigenvalue weighted by Gasteiger charge is 2.17. The summed E-state index contributed by atoms with van der Waals surface area (Å²) in [5, 5.41) is 23.2. The van der Waals surface area contributed by atoms with Crippen molar-refractivity contribution in [3.8, 4) is 5.75 Å². The molecule has 118 valence electrons. The molecule has 0 aliphatic heterocycles. The number of hydrogen-bond donors (Lipinski definition) is 3. The molecule has 23 heavy (non-hydrogen) atoms. The molecule has 3 aromatic rings. The van der Waals surface area contributed by atoms with Gasteiger partial charge in [-0.05, 0) is 41.3 Å². The number of aromatic nitrogens is 3. The lowest BCUT2D eigenvalue weighted by atomic mass is 9.87. The summed E-state index contributed by atoms with van der Waals surface area (Å²) >= 11 is 0. The van der Waals surface area contributed by atoms with Crippen molar-refractivity contribution in [2.75, 3.05) is 5.32 Å². The molecule has 0 spiro atoms. The van der Waals surface area contributed by atoms with Crippen LogP contribution in [0.15, 0.2) is 36.4 Å². The Morgan fingerprint density at radius 3 is 2.57 bits per heavy atom. The maximum Gasteiger partial charge on any atom is 0.255 e. The van der Waals surface area contributed by atoms with Crippen LogP contribution in [0.4, 0.5) is 5.69 Å². The van der Waals surface area contributed by atoms with Gasteiger partial charge in [-0.3, -0.25) is 4.79 Å². The van der Waals surface area contributed by atoms with E-state index in [4.69, 9.17) is 0 Å². The number of amides is 1. The van der Waals surface area contributed by atoms with Gasteiger partial charge >= 0.3 is 0 Å². The molecule has 3 N–H and O–H groups in total. The second kappa shape index (κ2) is 5.39. The molecule has 0 fully saturated rings. The first-order chi connectivity index (χ1) is 10.8. The predicted octanol–water partition coefficient (Wildman–Crippen LogP) is 3.21. The molecule has 6 nitrogen and oxygen atoms in total. The lowest BCUT2D eigenvalue weighted by Gasteiger charge is -2.20.